The Kier molecular flexibility index (Phi) is 8.23. The number of aliphatic carboxylic acids is 1. The molecule has 0 saturated carbocycles. The molecule has 0 amide bonds. The van der Waals surface area contributed by atoms with Crippen LogP contribution in [0.25, 0.3) is 0 Å². The number of carbonyl (C=O) groups excluding carboxylic acids is 1. The van der Waals surface area contributed by atoms with Gasteiger partial charge in [0.15, 0.2) is 6.04 Å². The molecule has 1 aromatic heterocycles. The minimum atomic E-state index is -5.02. The van der Waals surface area contributed by atoms with Crippen LogP contribution in [0.15, 0.2) is 0 Å². The third kappa shape index (κ3) is 7.71. The summed E-state index contributed by atoms with van der Waals surface area (Å²) in [5.74, 6) is -7.44. The molecule has 1 rings (SSSR count). The van der Waals surface area contributed by atoms with E-state index in [2.05, 4.69) is 4.98 Å². The molecule has 30 heavy (non-hydrogen) atoms. The van der Waals surface area contributed by atoms with E-state index in [1.165, 1.54) is 4.72 Å². The third-order valence-corrected chi connectivity index (χ3v) is 6.27. The molecule has 0 aromatic carbocycles. The van der Waals surface area contributed by atoms with Crippen molar-refractivity contribution in [3.8, 4) is 0 Å². The quantitative estimate of drug-likeness (QED) is 0.318. The highest BCUT2D eigenvalue weighted by molar-refractivity contribution is 7.90. The normalized spacial score (nSPS) is 13.9. The Morgan fingerprint density at radius 1 is 1.27 bits per heavy atom. The van der Waals surface area contributed by atoms with Crippen molar-refractivity contribution in [3.63, 3.8) is 0 Å². The van der Waals surface area contributed by atoms with Crippen LogP contribution in [0.5, 0.6) is 0 Å². The van der Waals surface area contributed by atoms with Gasteiger partial charge >= 0.3 is 17.7 Å². The largest absolute Gasteiger partial charge is 0.480 e. The molecule has 0 spiro atoms. The highest BCUT2D eigenvalue weighted by atomic mass is 32.2. The summed E-state index contributed by atoms with van der Waals surface area (Å²) in [6.07, 6.45) is 0. The number of alkyl halides is 2. The fourth-order valence-electron chi connectivity index (χ4n) is 1.80. The molecule has 172 valence electrons. The maximum atomic E-state index is 12.2. The molecule has 1 heterocycles. The van der Waals surface area contributed by atoms with Gasteiger partial charge in [0.25, 0.3) is 10.0 Å². The lowest BCUT2D eigenvalue weighted by atomic mass is 10.2. The lowest BCUT2D eigenvalue weighted by Gasteiger charge is -2.18. The van der Waals surface area contributed by atoms with Crippen molar-refractivity contribution in [1.82, 2.24) is 14.4 Å². The number of rotatable bonds is 10. The Labute approximate surface area is 174 Å². The summed E-state index contributed by atoms with van der Waals surface area (Å²) in [7, 11) is -9.51. The standard InChI is InChI=1S/C13H20F2N4O8S3/c1-13(2,3)27-11(22)9-18-6(8(16)28-9)7(10(20)21)19-29(23,24)5-4-17-30(25,26)12(14)15/h7,12,17,19H,4-5,16H2,1-3H3,(H,20,21). The minimum Gasteiger partial charge on any atom is -0.480 e. The first-order chi connectivity index (χ1) is 13.4. The molecule has 0 aliphatic rings. The Morgan fingerprint density at radius 2 is 1.83 bits per heavy atom. The van der Waals surface area contributed by atoms with E-state index in [0.717, 1.165) is 0 Å². The number of aromatic nitrogens is 1. The van der Waals surface area contributed by atoms with Crippen LogP contribution >= 0.6 is 11.3 Å². The molecule has 0 saturated heterocycles. The molecule has 5 N–H and O–H groups in total. The topological polar surface area (TPSA) is 195 Å². The number of carboxylic acid groups (broad SMARTS) is 1. The first-order valence-corrected chi connectivity index (χ1v) is 12.0. The van der Waals surface area contributed by atoms with Crippen LogP contribution in [-0.2, 0) is 29.6 Å². The molecular formula is C13H20F2N4O8S3. The van der Waals surface area contributed by atoms with Gasteiger partial charge in [0.2, 0.25) is 15.0 Å². The number of carbonyl (C=O) groups is 2. The van der Waals surface area contributed by atoms with Crippen molar-refractivity contribution in [1.29, 1.82) is 0 Å². The van der Waals surface area contributed by atoms with Gasteiger partial charge in [0, 0.05) is 6.54 Å². The highest BCUT2D eigenvalue weighted by Crippen LogP contribution is 2.28. The molecule has 12 nitrogen and oxygen atoms in total. The van der Waals surface area contributed by atoms with Crippen molar-refractivity contribution < 1.29 is 45.0 Å². The number of carboxylic acids is 1. The van der Waals surface area contributed by atoms with Crippen LogP contribution in [0.1, 0.15) is 42.3 Å². The summed E-state index contributed by atoms with van der Waals surface area (Å²) in [5.41, 5.74) is 4.31. The minimum absolute atomic E-state index is 0.274. The summed E-state index contributed by atoms with van der Waals surface area (Å²) in [6, 6.07) is -2.02. The monoisotopic (exact) mass is 494 g/mol. The molecule has 17 heteroatoms. The summed E-state index contributed by atoms with van der Waals surface area (Å²) in [6.45, 7) is 3.81. The number of halogens is 2. The van der Waals surface area contributed by atoms with E-state index in [4.69, 9.17) is 10.5 Å². The fourth-order valence-corrected chi connectivity index (χ4v) is 4.25. The van der Waals surface area contributed by atoms with E-state index in [-0.39, 0.29) is 10.0 Å². The SMILES string of the molecule is CC(C)(C)OC(=O)c1nc(C(NS(=O)(=O)CCNS(=O)(=O)C(F)F)C(=O)O)c(N)s1. The predicted molar refractivity (Wildman–Crippen MR) is 102 cm³/mol. The zero-order valence-electron chi connectivity index (χ0n) is 15.9. The molecular weight excluding hydrogens is 474 g/mol. The van der Waals surface area contributed by atoms with Crippen molar-refractivity contribution in [3.05, 3.63) is 10.7 Å². The van der Waals surface area contributed by atoms with Gasteiger partial charge in [-0.25, -0.2) is 31.3 Å². The van der Waals surface area contributed by atoms with Crippen LogP contribution in [0, 0.1) is 0 Å². The first kappa shape index (κ1) is 26.1. The van der Waals surface area contributed by atoms with E-state index in [1.807, 2.05) is 0 Å². The van der Waals surface area contributed by atoms with Gasteiger partial charge in [-0.2, -0.15) is 13.5 Å². The number of esters is 1. The Hall–Kier alpha value is -1.95. The summed E-state index contributed by atoms with van der Waals surface area (Å²) >= 11 is 0.578. The number of hydrogen-bond acceptors (Lipinski definition) is 10. The van der Waals surface area contributed by atoms with Crippen LogP contribution in [0.3, 0.4) is 0 Å². The van der Waals surface area contributed by atoms with Gasteiger partial charge in [-0.05, 0) is 20.8 Å². The lowest BCUT2D eigenvalue weighted by molar-refractivity contribution is -0.139. The number of sulfonamides is 2. The zero-order valence-corrected chi connectivity index (χ0v) is 18.3. The molecule has 0 aliphatic heterocycles. The van der Waals surface area contributed by atoms with Gasteiger partial charge in [0.1, 0.15) is 16.3 Å². The average Bonchev–Trinajstić information content (AvgIpc) is 2.92. The van der Waals surface area contributed by atoms with Crippen LogP contribution in [0.4, 0.5) is 13.8 Å². The van der Waals surface area contributed by atoms with E-state index >= 15 is 0 Å². The molecule has 0 aliphatic carbocycles. The van der Waals surface area contributed by atoms with E-state index in [0.29, 0.717) is 11.3 Å². The second-order valence-electron chi connectivity index (χ2n) is 6.68. The molecule has 0 bridgehead atoms. The number of thiazole rings is 1. The highest BCUT2D eigenvalue weighted by Gasteiger charge is 2.33. The number of nitrogen functional groups attached to an aromatic ring is 1. The van der Waals surface area contributed by atoms with E-state index < -0.39 is 67.4 Å². The van der Waals surface area contributed by atoms with Crippen LogP contribution in [0.2, 0.25) is 0 Å². The van der Waals surface area contributed by atoms with Crippen LogP contribution in [-0.4, -0.2) is 62.5 Å². The van der Waals surface area contributed by atoms with Gasteiger partial charge in [-0.3, -0.25) is 4.79 Å². The molecule has 0 radical (unpaired) electrons. The molecule has 1 aromatic rings. The van der Waals surface area contributed by atoms with Gasteiger partial charge in [0.05, 0.1) is 5.75 Å². The third-order valence-electron chi connectivity index (χ3n) is 2.98. The van der Waals surface area contributed by atoms with Gasteiger partial charge in [-0.15, -0.1) is 0 Å². The predicted octanol–water partition coefficient (Wildman–Crippen LogP) is -0.132. The number of ether oxygens (including phenoxy) is 1. The average molecular weight is 495 g/mol. The van der Waals surface area contributed by atoms with Crippen LogP contribution < -0.4 is 15.2 Å². The van der Waals surface area contributed by atoms with Gasteiger partial charge in [-0.1, -0.05) is 11.3 Å². The maximum Gasteiger partial charge on any atom is 0.368 e. The lowest BCUT2D eigenvalue weighted by Crippen LogP contribution is -2.40. The summed E-state index contributed by atoms with van der Waals surface area (Å²) in [5, 5.41) is 8.75. The van der Waals surface area contributed by atoms with E-state index in [9.17, 15) is 40.3 Å². The zero-order chi connectivity index (χ0) is 23.5. The molecule has 0 fully saturated rings. The first-order valence-electron chi connectivity index (χ1n) is 7.94. The second-order valence-corrected chi connectivity index (χ2v) is 11.3. The van der Waals surface area contributed by atoms with Crippen molar-refractivity contribution in [2.24, 2.45) is 0 Å². The smallest absolute Gasteiger partial charge is 0.368 e. The number of nitrogens with one attached hydrogen (secondary N) is 2. The summed E-state index contributed by atoms with van der Waals surface area (Å²) < 4.78 is 78.6. The fraction of sp³-hybridized carbons (Fsp3) is 0.615. The van der Waals surface area contributed by atoms with Gasteiger partial charge < -0.3 is 15.6 Å². The molecule has 1 unspecified atom stereocenters. The van der Waals surface area contributed by atoms with Crippen molar-refractivity contribution in [2.75, 3.05) is 18.0 Å². The Bertz CT molecular complexity index is 1000. The maximum absolute atomic E-state index is 12.2. The summed E-state index contributed by atoms with van der Waals surface area (Å²) in [4.78, 5) is 27.3. The second kappa shape index (κ2) is 9.46. The number of nitrogens with zero attached hydrogens (tertiary/aromatic N) is 1. The number of anilines is 1. The van der Waals surface area contributed by atoms with E-state index in [1.54, 1.807) is 25.5 Å². The van der Waals surface area contributed by atoms with Crippen molar-refractivity contribution in [2.45, 2.75) is 38.2 Å². The Morgan fingerprint density at radius 3 is 2.30 bits per heavy atom. The number of hydrogen-bond donors (Lipinski definition) is 4. The Balaban J connectivity index is 3.00. The molecule has 1 atom stereocenters. The number of nitrogens with two attached hydrogens (primary N) is 1. The van der Waals surface area contributed by atoms with Crippen molar-refractivity contribution >= 4 is 48.3 Å².